The van der Waals surface area contributed by atoms with Crippen molar-refractivity contribution in [2.24, 2.45) is 0 Å². The van der Waals surface area contributed by atoms with E-state index in [0.29, 0.717) is 10.6 Å². The molecule has 2 rings (SSSR count). The van der Waals surface area contributed by atoms with Crippen LogP contribution in [-0.2, 0) is 0 Å². The van der Waals surface area contributed by atoms with Crippen LogP contribution < -0.4 is 0 Å². The van der Waals surface area contributed by atoms with E-state index >= 15 is 0 Å². The summed E-state index contributed by atoms with van der Waals surface area (Å²) in [6, 6.07) is 4.69. The van der Waals surface area contributed by atoms with Crippen LogP contribution in [0.5, 0.6) is 11.5 Å². The zero-order valence-corrected chi connectivity index (χ0v) is 7.25. The van der Waals surface area contributed by atoms with Gasteiger partial charge in [-0.05, 0) is 12.1 Å². The summed E-state index contributed by atoms with van der Waals surface area (Å²) in [5.74, 6) is -0.333. The number of phenols is 2. The number of phenolic OH excluding ortho intramolecular Hbond substituents is 2. The molecular weight excluding hydrogens is 188 g/mol. The minimum atomic E-state index is -0.173. The van der Waals surface area contributed by atoms with Crippen LogP contribution in [0.1, 0.15) is 0 Å². The van der Waals surface area contributed by atoms with E-state index in [1.807, 2.05) is 0 Å². The fourth-order valence-corrected chi connectivity index (χ4v) is 1.49. The first-order chi connectivity index (χ1) is 6.29. The number of aromatic hydroxyl groups is 2. The average molecular weight is 193 g/mol. The van der Waals surface area contributed by atoms with E-state index in [2.05, 4.69) is 15.7 Å². The van der Waals surface area contributed by atoms with Crippen molar-refractivity contribution in [2.45, 2.75) is 0 Å². The zero-order valence-electron chi connectivity index (χ0n) is 6.43. The summed E-state index contributed by atoms with van der Waals surface area (Å²) < 4.78 is 0. The van der Waals surface area contributed by atoms with Crippen molar-refractivity contribution in [2.75, 3.05) is 0 Å². The van der Waals surface area contributed by atoms with Gasteiger partial charge in [0.25, 0.3) is 0 Å². The second kappa shape index (κ2) is 3.02. The Morgan fingerprint density at radius 2 is 2.15 bits per heavy atom. The van der Waals surface area contributed by atoms with Crippen LogP contribution in [0.4, 0.5) is 0 Å². The molecule has 1 radical (unpaired) electrons. The fraction of sp³-hybridized carbons (Fsp3) is 0. The lowest BCUT2D eigenvalue weighted by atomic mass is 10.2. The number of rotatable bonds is 1. The number of hydrogen-bond donors (Lipinski definition) is 2. The molecule has 0 saturated heterocycles. The molecule has 1 aromatic carbocycles. The molecular formula is C8H5N2O2S. The van der Waals surface area contributed by atoms with Crippen LogP contribution in [0.25, 0.3) is 10.6 Å². The average Bonchev–Trinajstić information content (AvgIpc) is 2.62. The van der Waals surface area contributed by atoms with Gasteiger partial charge in [-0.2, -0.15) is 0 Å². The van der Waals surface area contributed by atoms with Gasteiger partial charge in [-0.1, -0.05) is 17.4 Å². The maximum atomic E-state index is 9.44. The number of aromatic nitrogens is 2. The Morgan fingerprint density at radius 3 is 2.85 bits per heavy atom. The van der Waals surface area contributed by atoms with Gasteiger partial charge < -0.3 is 10.2 Å². The Hall–Kier alpha value is -1.62. The van der Waals surface area contributed by atoms with Crippen molar-refractivity contribution >= 4 is 11.3 Å². The maximum Gasteiger partial charge on any atom is 0.178 e. The van der Waals surface area contributed by atoms with Crippen molar-refractivity contribution in [1.82, 2.24) is 10.2 Å². The van der Waals surface area contributed by atoms with Crippen LogP contribution in [-0.4, -0.2) is 20.4 Å². The van der Waals surface area contributed by atoms with Crippen LogP contribution in [0.3, 0.4) is 0 Å². The smallest absolute Gasteiger partial charge is 0.178 e. The van der Waals surface area contributed by atoms with Gasteiger partial charge in [0.15, 0.2) is 22.0 Å². The molecule has 1 aromatic heterocycles. The minimum Gasteiger partial charge on any atom is -0.504 e. The number of hydrogen-bond acceptors (Lipinski definition) is 5. The van der Waals surface area contributed by atoms with E-state index in [0.717, 1.165) is 0 Å². The highest BCUT2D eigenvalue weighted by molar-refractivity contribution is 7.12. The van der Waals surface area contributed by atoms with E-state index in [1.165, 1.54) is 17.4 Å². The molecule has 65 valence electrons. The van der Waals surface area contributed by atoms with Crippen LogP contribution in [0, 0.1) is 5.51 Å². The molecule has 5 heteroatoms. The Morgan fingerprint density at radius 1 is 1.31 bits per heavy atom. The highest BCUT2D eigenvalue weighted by Gasteiger charge is 2.10. The van der Waals surface area contributed by atoms with Crippen LogP contribution in [0.15, 0.2) is 18.2 Å². The van der Waals surface area contributed by atoms with Crippen LogP contribution in [0.2, 0.25) is 0 Å². The lowest BCUT2D eigenvalue weighted by molar-refractivity contribution is 0.405. The first-order valence-corrected chi connectivity index (χ1v) is 4.31. The normalized spacial score (nSPS) is 10.2. The van der Waals surface area contributed by atoms with E-state index in [-0.39, 0.29) is 11.5 Å². The van der Waals surface area contributed by atoms with Gasteiger partial charge in [-0.3, -0.25) is 0 Å². The minimum absolute atomic E-state index is 0.160. The molecule has 0 bridgehead atoms. The predicted molar refractivity (Wildman–Crippen MR) is 47.5 cm³/mol. The first-order valence-electron chi connectivity index (χ1n) is 3.50. The lowest BCUT2D eigenvalue weighted by Crippen LogP contribution is -1.78. The number of benzene rings is 1. The summed E-state index contributed by atoms with van der Waals surface area (Å²) in [7, 11) is 0. The van der Waals surface area contributed by atoms with Crippen molar-refractivity contribution in [1.29, 1.82) is 0 Å². The maximum absolute atomic E-state index is 9.44. The van der Waals surface area contributed by atoms with Gasteiger partial charge in [-0.25, -0.2) is 0 Å². The molecule has 0 aliphatic rings. The molecule has 0 aliphatic carbocycles. The molecule has 0 atom stereocenters. The molecule has 2 N–H and O–H groups in total. The fourth-order valence-electron chi connectivity index (χ4n) is 0.963. The molecule has 13 heavy (non-hydrogen) atoms. The Labute approximate surface area is 78.1 Å². The number of para-hydroxylation sites is 1. The topological polar surface area (TPSA) is 66.2 Å². The van der Waals surface area contributed by atoms with Crippen molar-refractivity contribution in [3.63, 3.8) is 0 Å². The first kappa shape index (κ1) is 8.00. The van der Waals surface area contributed by atoms with Crippen molar-refractivity contribution in [3.8, 4) is 22.1 Å². The van der Waals surface area contributed by atoms with E-state index in [9.17, 15) is 10.2 Å². The molecule has 2 aromatic rings. The van der Waals surface area contributed by atoms with Gasteiger partial charge in [0.2, 0.25) is 0 Å². The molecule has 0 fully saturated rings. The third kappa shape index (κ3) is 1.33. The molecule has 0 saturated carbocycles. The quantitative estimate of drug-likeness (QED) is 0.672. The summed E-state index contributed by atoms with van der Waals surface area (Å²) in [6.45, 7) is 0. The third-order valence-corrected chi connectivity index (χ3v) is 2.24. The van der Waals surface area contributed by atoms with Gasteiger partial charge in [-0.15, -0.1) is 10.2 Å². The highest BCUT2D eigenvalue weighted by atomic mass is 32.1. The van der Waals surface area contributed by atoms with Crippen molar-refractivity contribution in [3.05, 3.63) is 23.7 Å². The van der Waals surface area contributed by atoms with E-state index in [4.69, 9.17) is 0 Å². The molecule has 0 spiro atoms. The summed E-state index contributed by atoms with van der Waals surface area (Å²) in [4.78, 5) is 0. The van der Waals surface area contributed by atoms with E-state index < -0.39 is 0 Å². The second-order valence-electron chi connectivity index (χ2n) is 2.37. The van der Waals surface area contributed by atoms with Crippen molar-refractivity contribution < 1.29 is 10.2 Å². The summed E-state index contributed by atoms with van der Waals surface area (Å²) in [6.07, 6.45) is 0. The van der Waals surface area contributed by atoms with Gasteiger partial charge in [0.1, 0.15) is 0 Å². The summed E-state index contributed by atoms with van der Waals surface area (Å²) in [5, 5.41) is 26.4. The Balaban J connectivity index is 2.59. The van der Waals surface area contributed by atoms with E-state index in [1.54, 1.807) is 12.1 Å². The van der Waals surface area contributed by atoms with Gasteiger partial charge >= 0.3 is 0 Å². The molecule has 0 amide bonds. The Bertz CT molecular complexity index is 414. The molecule has 0 aliphatic heterocycles. The summed E-state index contributed by atoms with van der Waals surface area (Å²) >= 11 is 1.18. The second-order valence-corrected chi connectivity index (χ2v) is 3.15. The monoisotopic (exact) mass is 193 g/mol. The number of nitrogens with zero attached hydrogens (tertiary/aromatic N) is 2. The molecule has 1 heterocycles. The summed E-state index contributed by atoms with van der Waals surface area (Å²) in [5.41, 5.74) is 3.03. The SMILES string of the molecule is Oc1cccc(-c2nn[c]s2)c1O. The van der Waals surface area contributed by atoms with Crippen LogP contribution >= 0.6 is 11.3 Å². The molecule has 0 unspecified atom stereocenters. The van der Waals surface area contributed by atoms with Gasteiger partial charge in [0.05, 0.1) is 5.56 Å². The molecule has 4 nitrogen and oxygen atoms in total. The Kier molecular flexibility index (Phi) is 1.86. The third-order valence-electron chi connectivity index (χ3n) is 1.57. The highest BCUT2D eigenvalue weighted by Crippen LogP contribution is 2.36. The van der Waals surface area contributed by atoms with Gasteiger partial charge in [0, 0.05) is 0 Å². The zero-order chi connectivity index (χ0) is 9.26. The largest absolute Gasteiger partial charge is 0.504 e. The predicted octanol–water partition coefficient (Wildman–Crippen LogP) is 1.42. The lowest BCUT2D eigenvalue weighted by Gasteiger charge is -2.00. The standard InChI is InChI=1S/C8H5N2O2S/c11-6-3-1-2-5(7(6)12)8-10-9-4-13-8/h1-3,11-12H.